The Labute approximate surface area is 213 Å². The van der Waals surface area contributed by atoms with Gasteiger partial charge in [-0.05, 0) is 61.2 Å². The van der Waals surface area contributed by atoms with E-state index in [9.17, 15) is 27.1 Å². The molecule has 0 unspecified atom stereocenters. The molecule has 0 aromatic heterocycles. The van der Waals surface area contributed by atoms with Crippen LogP contribution < -0.4 is 9.04 Å². The first-order chi connectivity index (χ1) is 17.0. The van der Waals surface area contributed by atoms with Gasteiger partial charge in [-0.25, -0.2) is 17.2 Å². The number of fused-ring (bicyclic) bond motifs is 1. The van der Waals surface area contributed by atoms with Crippen LogP contribution in [0.25, 0.3) is 11.1 Å². The van der Waals surface area contributed by atoms with E-state index in [4.69, 9.17) is 16.3 Å². The second-order valence-corrected chi connectivity index (χ2v) is 10.9. The van der Waals surface area contributed by atoms with Crippen LogP contribution in [0.15, 0.2) is 59.5 Å². The maximum Gasteiger partial charge on any atom is 0.306 e. The second kappa shape index (κ2) is 10.1. The van der Waals surface area contributed by atoms with Crippen molar-refractivity contribution in [2.75, 3.05) is 10.8 Å². The number of benzene rings is 3. The standard InChI is InChI=1S/C26H24ClF2NO5S/c1-3-16(26(31)32)10-19-14-30(36(33,34)20-6-4-5-15(2)9-20)23-11-17(7-8-24(23)35-19)21-12-18(28)13-22(29)25(21)27/h4-9,11-13,16,19H,3,10,14H2,1-2H3,(H,31,32)/t16-,19-/m0/s1. The summed E-state index contributed by atoms with van der Waals surface area (Å²) in [6, 6.07) is 12.6. The Kier molecular flexibility index (Phi) is 7.24. The van der Waals surface area contributed by atoms with Crippen molar-refractivity contribution in [3.8, 4) is 16.9 Å². The monoisotopic (exact) mass is 535 g/mol. The minimum absolute atomic E-state index is 0.0552. The van der Waals surface area contributed by atoms with E-state index in [1.54, 1.807) is 26.0 Å². The summed E-state index contributed by atoms with van der Waals surface area (Å²) in [5, 5.41) is 9.21. The molecule has 10 heteroatoms. The molecule has 3 aromatic rings. The fourth-order valence-electron chi connectivity index (χ4n) is 4.26. The fourth-order valence-corrected chi connectivity index (χ4v) is 6.08. The number of aliphatic carboxylic acids is 1. The molecule has 0 aliphatic carbocycles. The van der Waals surface area contributed by atoms with Gasteiger partial charge in [0.1, 0.15) is 23.5 Å². The van der Waals surface area contributed by atoms with Crippen molar-refractivity contribution in [1.82, 2.24) is 0 Å². The lowest BCUT2D eigenvalue weighted by Crippen LogP contribution is -2.44. The van der Waals surface area contributed by atoms with Crippen molar-refractivity contribution in [3.63, 3.8) is 0 Å². The van der Waals surface area contributed by atoms with E-state index >= 15 is 0 Å². The van der Waals surface area contributed by atoms with Gasteiger partial charge in [-0.1, -0.05) is 36.7 Å². The topological polar surface area (TPSA) is 83.9 Å². The zero-order valence-corrected chi connectivity index (χ0v) is 21.1. The first-order valence-electron chi connectivity index (χ1n) is 11.3. The zero-order valence-electron chi connectivity index (χ0n) is 19.5. The Bertz CT molecular complexity index is 1430. The molecule has 0 spiro atoms. The molecule has 36 heavy (non-hydrogen) atoms. The fraction of sp³-hybridized carbons (Fsp3) is 0.269. The molecule has 1 aliphatic rings. The average molecular weight is 536 g/mol. The first kappa shape index (κ1) is 25.9. The first-order valence-corrected chi connectivity index (χ1v) is 13.1. The Morgan fingerprint density at radius 2 is 1.94 bits per heavy atom. The van der Waals surface area contributed by atoms with Gasteiger partial charge in [0.25, 0.3) is 10.0 Å². The number of carboxylic acid groups (broad SMARTS) is 1. The van der Waals surface area contributed by atoms with Crippen LogP contribution in [0.5, 0.6) is 5.75 Å². The molecule has 190 valence electrons. The van der Waals surface area contributed by atoms with Crippen LogP contribution in [0.3, 0.4) is 0 Å². The highest BCUT2D eigenvalue weighted by Crippen LogP contribution is 2.42. The van der Waals surface area contributed by atoms with E-state index in [1.807, 2.05) is 0 Å². The summed E-state index contributed by atoms with van der Waals surface area (Å²) in [6.07, 6.45) is -0.262. The second-order valence-electron chi connectivity index (χ2n) is 8.70. The normalized spacial score (nSPS) is 16.2. The van der Waals surface area contributed by atoms with Crippen molar-refractivity contribution in [1.29, 1.82) is 0 Å². The molecule has 4 rings (SSSR count). The minimum Gasteiger partial charge on any atom is -0.486 e. The van der Waals surface area contributed by atoms with Gasteiger partial charge in [0.2, 0.25) is 0 Å². The predicted octanol–water partition coefficient (Wildman–Crippen LogP) is 6.05. The van der Waals surface area contributed by atoms with Gasteiger partial charge in [-0.15, -0.1) is 0 Å². The number of halogens is 3. The van der Waals surface area contributed by atoms with Gasteiger partial charge in [0.15, 0.2) is 0 Å². The van der Waals surface area contributed by atoms with Crippen LogP contribution in [-0.4, -0.2) is 32.1 Å². The molecule has 0 fully saturated rings. The smallest absolute Gasteiger partial charge is 0.306 e. The zero-order chi connectivity index (χ0) is 26.2. The van der Waals surface area contributed by atoms with Crippen LogP contribution in [0.2, 0.25) is 5.02 Å². The summed E-state index contributed by atoms with van der Waals surface area (Å²) in [7, 11) is -4.09. The van der Waals surface area contributed by atoms with Crippen molar-refractivity contribution in [2.45, 2.75) is 37.7 Å². The molecule has 1 aliphatic heterocycles. The van der Waals surface area contributed by atoms with Gasteiger partial charge in [0, 0.05) is 11.6 Å². The van der Waals surface area contributed by atoms with Crippen molar-refractivity contribution in [2.24, 2.45) is 5.92 Å². The number of sulfonamides is 1. The van der Waals surface area contributed by atoms with Crippen LogP contribution in [0.1, 0.15) is 25.3 Å². The molecular formula is C26H24ClF2NO5S. The largest absolute Gasteiger partial charge is 0.486 e. The number of hydrogen-bond acceptors (Lipinski definition) is 4. The van der Waals surface area contributed by atoms with Gasteiger partial charge in [0.05, 0.1) is 28.1 Å². The average Bonchev–Trinajstić information content (AvgIpc) is 2.83. The number of carboxylic acids is 1. The highest BCUT2D eigenvalue weighted by Gasteiger charge is 2.36. The lowest BCUT2D eigenvalue weighted by atomic mass is 9.97. The van der Waals surface area contributed by atoms with E-state index in [-0.39, 0.29) is 39.9 Å². The third kappa shape index (κ3) is 5.03. The number of nitrogens with zero attached hydrogens (tertiary/aromatic N) is 1. The molecule has 0 radical (unpaired) electrons. The van der Waals surface area contributed by atoms with Crippen LogP contribution in [-0.2, 0) is 14.8 Å². The van der Waals surface area contributed by atoms with Gasteiger partial charge >= 0.3 is 5.97 Å². The van der Waals surface area contributed by atoms with Gasteiger partial charge in [-0.3, -0.25) is 9.10 Å². The third-order valence-electron chi connectivity index (χ3n) is 6.16. The summed E-state index contributed by atoms with van der Waals surface area (Å²) < 4.78 is 62.8. The number of ether oxygens (including phenoxy) is 1. The number of hydrogen-bond donors (Lipinski definition) is 1. The lowest BCUT2D eigenvalue weighted by Gasteiger charge is -2.36. The van der Waals surface area contributed by atoms with E-state index < -0.39 is 39.6 Å². The molecule has 0 saturated carbocycles. The highest BCUT2D eigenvalue weighted by atomic mass is 35.5. The maximum absolute atomic E-state index is 14.1. The third-order valence-corrected chi connectivity index (χ3v) is 8.32. The molecule has 3 aromatic carbocycles. The van der Waals surface area contributed by atoms with E-state index in [1.165, 1.54) is 30.3 Å². The Balaban J connectivity index is 1.84. The molecule has 0 amide bonds. The van der Waals surface area contributed by atoms with Crippen molar-refractivity contribution < 1.29 is 31.8 Å². The Morgan fingerprint density at radius 1 is 1.19 bits per heavy atom. The number of rotatable bonds is 7. The maximum atomic E-state index is 14.1. The Morgan fingerprint density at radius 3 is 2.61 bits per heavy atom. The summed E-state index contributed by atoms with van der Waals surface area (Å²) in [6.45, 7) is 3.37. The molecule has 1 N–H and O–H groups in total. The minimum atomic E-state index is -4.09. The summed E-state index contributed by atoms with van der Waals surface area (Å²) in [5.74, 6) is -3.26. The van der Waals surface area contributed by atoms with Gasteiger partial charge < -0.3 is 9.84 Å². The molecule has 0 saturated heterocycles. The van der Waals surface area contributed by atoms with Gasteiger partial charge in [-0.2, -0.15) is 0 Å². The van der Waals surface area contributed by atoms with Crippen LogP contribution in [0, 0.1) is 24.5 Å². The summed E-state index contributed by atoms with van der Waals surface area (Å²) in [4.78, 5) is 11.7. The number of carbonyl (C=O) groups is 1. The molecule has 2 atom stereocenters. The van der Waals surface area contributed by atoms with Crippen LogP contribution in [0.4, 0.5) is 14.5 Å². The van der Waals surface area contributed by atoms with Crippen molar-refractivity contribution in [3.05, 3.63) is 76.8 Å². The highest BCUT2D eigenvalue weighted by molar-refractivity contribution is 7.92. The number of aryl methyl sites for hydroxylation is 1. The van der Waals surface area contributed by atoms with Crippen molar-refractivity contribution >= 4 is 33.3 Å². The van der Waals surface area contributed by atoms with E-state index in [2.05, 4.69) is 0 Å². The predicted molar refractivity (Wildman–Crippen MR) is 133 cm³/mol. The molecule has 6 nitrogen and oxygen atoms in total. The molecular weight excluding hydrogens is 512 g/mol. The lowest BCUT2D eigenvalue weighted by molar-refractivity contribution is -0.142. The summed E-state index contributed by atoms with van der Waals surface area (Å²) in [5.41, 5.74) is 1.26. The quantitative estimate of drug-likeness (QED) is 0.372. The van der Waals surface area contributed by atoms with Crippen LogP contribution >= 0.6 is 11.6 Å². The van der Waals surface area contributed by atoms with E-state index in [0.29, 0.717) is 18.1 Å². The van der Waals surface area contributed by atoms with E-state index in [0.717, 1.165) is 15.9 Å². The Hall–Kier alpha value is -3.17. The SMILES string of the molecule is CC[C@@H](C[C@H]1CN(S(=O)(=O)c2cccc(C)c2)c2cc(-c3cc(F)cc(F)c3Cl)ccc2O1)C(=O)O. The molecule has 0 bridgehead atoms. The summed E-state index contributed by atoms with van der Waals surface area (Å²) >= 11 is 6.09. The number of anilines is 1. The molecule has 1 heterocycles.